The predicted molar refractivity (Wildman–Crippen MR) is 75.1 cm³/mol. The van der Waals surface area contributed by atoms with Crippen molar-refractivity contribution < 1.29 is 8.91 Å². The first-order valence-corrected chi connectivity index (χ1v) is 6.94. The van der Waals surface area contributed by atoms with Crippen molar-refractivity contribution in [3.8, 4) is 11.3 Å². The van der Waals surface area contributed by atoms with E-state index < -0.39 is 0 Å². The fourth-order valence-corrected chi connectivity index (χ4v) is 2.47. The van der Waals surface area contributed by atoms with Gasteiger partial charge in [-0.25, -0.2) is 4.39 Å². The largest absolute Gasteiger partial charge is 0.356 e. The molecule has 0 spiro atoms. The van der Waals surface area contributed by atoms with Gasteiger partial charge in [0, 0.05) is 43.8 Å². The van der Waals surface area contributed by atoms with E-state index in [1.165, 1.54) is 12.1 Å². The SMILES string of the molecule is Fc1ccc(Cl)cc1-c1cc(CN2CCNCC2)no1. The van der Waals surface area contributed by atoms with E-state index in [0.29, 0.717) is 22.9 Å². The van der Waals surface area contributed by atoms with E-state index in [1.807, 2.05) is 0 Å². The molecule has 1 saturated heterocycles. The van der Waals surface area contributed by atoms with E-state index >= 15 is 0 Å². The van der Waals surface area contributed by atoms with Gasteiger partial charge in [0.05, 0.1) is 11.3 Å². The van der Waals surface area contributed by atoms with E-state index in [-0.39, 0.29) is 5.82 Å². The molecule has 2 heterocycles. The number of hydrogen-bond acceptors (Lipinski definition) is 4. The van der Waals surface area contributed by atoms with Crippen LogP contribution in [0.4, 0.5) is 4.39 Å². The fraction of sp³-hybridized carbons (Fsp3) is 0.357. The van der Waals surface area contributed by atoms with Crippen LogP contribution in [0, 0.1) is 5.82 Å². The van der Waals surface area contributed by atoms with Crippen molar-refractivity contribution in [1.29, 1.82) is 0 Å². The third-order valence-electron chi connectivity index (χ3n) is 3.35. The van der Waals surface area contributed by atoms with Gasteiger partial charge in [-0.05, 0) is 18.2 Å². The van der Waals surface area contributed by atoms with Crippen molar-refractivity contribution in [2.45, 2.75) is 6.54 Å². The Hall–Kier alpha value is -1.43. The quantitative estimate of drug-likeness (QED) is 0.945. The van der Waals surface area contributed by atoms with E-state index in [0.717, 1.165) is 31.9 Å². The molecule has 1 fully saturated rings. The third-order valence-corrected chi connectivity index (χ3v) is 3.58. The Kier molecular flexibility index (Phi) is 4.00. The van der Waals surface area contributed by atoms with Crippen molar-refractivity contribution in [1.82, 2.24) is 15.4 Å². The second kappa shape index (κ2) is 5.91. The summed E-state index contributed by atoms with van der Waals surface area (Å²) in [5.41, 5.74) is 1.15. The van der Waals surface area contributed by atoms with Gasteiger partial charge >= 0.3 is 0 Å². The maximum absolute atomic E-state index is 13.8. The average molecular weight is 296 g/mol. The van der Waals surface area contributed by atoms with E-state index in [9.17, 15) is 4.39 Å². The summed E-state index contributed by atoms with van der Waals surface area (Å²) in [5, 5.41) is 7.78. The molecule has 1 aromatic carbocycles. The minimum Gasteiger partial charge on any atom is -0.356 e. The minimum atomic E-state index is -0.362. The first kappa shape index (κ1) is 13.5. The lowest BCUT2D eigenvalue weighted by Gasteiger charge is -2.25. The zero-order valence-corrected chi connectivity index (χ0v) is 11.7. The Morgan fingerprint density at radius 1 is 1.30 bits per heavy atom. The van der Waals surface area contributed by atoms with Crippen molar-refractivity contribution in [2.24, 2.45) is 0 Å². The van der Waals surface area contributed by atoms with Crippen LogP contribution in [0.1, 0.15) is 5.69 Å². The lowest BCUT2D eigenvalue weighted by Crippen LogP contribution is -2.42. The summed E-state index contributed by atoms with van der Waals surface area (Å²) in [6, 6.07) is 6.16. The molecule has 20 heavy (non-hydrogen) atoms. The van der Waals surface area contributed by atoms with Gasteiger partial charge in [0.2, 0.25) is 0 Å². The van der Waals surface area contributed by atoms with Crippen LogP contribution in [-0.4, -0.2) is 36.2 Å². The number of nitrogens with one attached hydrogen (secondary N) is 1. The summed E-state index contributed by atoms with van der Waals surface area (Å²) < 4.78 is 19.0. The number of piperazine rings is 1. The molecule has 6 heteroatoms. The summed E-state index contributed by atoms with van der Waals surface area (Å²) in [5.74, 6) is 0.0504. The molecule has 3 rings (SSSR count). The number of benzene rings is 1. The Morgan fingerprint density at radius 2 is 2.10 bits per heavy atom. The molecule has 1 N–H and O–H groups in total. The molecule has 1 aliphatic rings. The molecule has 106 valence electrons. The molecule has 0 aliphatic carbocycles. The lowest BCUT2D eigenvalue weighted by atomic mass is 10.1. The molecule has 4 nitrogen and oxygen atoms in total. The lowest BCUT2D eigenvalue weighted by molar-refractivity contribution is 0.227. The monoisotopic (exact) mass is 295 g/mol. The van der Waals surface area contributed by atoms with Crippen LogP contribution in [0.2, 0.25) is 5.02 Å². The number of rotatable bonds is 3. The van der Waals surface area contributed by atoms with Crippen LogP contribution in [0.3, 0.4) is 0 Å². The zero-order valence-electron chi connectivity index (χ0n) is 10.9. The van der Waals surface area contributed by atoms with E-state index in [2.05, 4.69) is 15.4 Å². The first-order chi connectivity index (χ1) is 9.72. The highest BCUT2D eigenvalue weighted by molar-refractivity contribution is 6.30. The smallest absolute Gasteiger partial charge is 0.170 e. The molecular formula is C14H15ClFN3O. The molecule has 2 aromatic rings. The summed E-state index contributed by atoms with van der Waals surface area (Å²) in [6.07, 6.45) is 0. The van der Waals surface area contributed by atoms with Crippen LogP contribution in [0.25, 0.3) is 11.3 Å². The van der Waals surface area contributed by atoms with Gasteiger partial charge in [0.1, 0.15) is 5.82 Å². The summed E-state index contributed by atoms with van der Waals surface area (Å²) in [7, 11) is 0. The first-order valence-electron chi connectivity index (χ1n) is 6.56. The highest BCUT2D eigenvalue weighted by atomic mass is 35.5. The normalized spacial score (nSPS) is 16.5. The van der Waals surface area contributed by atoms with Gasteiger partial charge in [-0.15, -0.1) is 0 Å². The molecule has 0 bridgehead atoms. The Balaban J connectivity index is 1.77. The van der Waals surface area contributed by atoms with Crippen molar-refractivity contribution in [3.63, 3.8) is 0 Å². The van der Waals surface area contributed by atoms with Gasteiger partial charge in [0.25, 0.3) is 0 Å². The van der Waals surface area contributed by atoms with E-state index in [4.69, 9.17) is 16.1 Å². The van der Waals surface area contributed by atoms with Crippen molar-refractivity contribution in [2.75, 3.05) is 26.2 Å². The van der Waals surface area contributed by atoms with Crippen LogP contribution in [0.5, 0.6) is 0 Å². The molecule has 0 unspecified atom stereocenters. The number of hydrogen-bond donors (Lipinski definition) is 1. The highest BCUT2D eigenvalue weighted by Gasteiger charge is 2.15. The molecule has 0 saturated carbocycles. The standard InChI is InChI=1S/C14H15ClFN3O/c15-10-1-2-13(16)12(7-10)14-8-11(18-20-14)9-19-5-3-17-4-6-19/h1-2,7-8,17H,3-6,9H2. The molecule has 0 radical (unpaired) electrons. The van der Waals surface area contributed by atoms with E-state index in [1.54, 1.807) is 12.1 Å². The summed E-state index contributed by atoms with van der Waals surface area (Å²) >= 11 is 5.89. The summed E-state index contributed by atoms with van der Waals surface area (Å²) in [4.78, 5) is 2.28. The van der Waals surface area contributed by atoms with Crippen LogP contribution in [-0.2, 0) is 6.54 Å². The van der Waals surface area contributed by atoms with Crippen molar-refractivity contribution in [3.05, 3.63) is 40.8 Å². The molecular weight excluding hydrogens is 281 g/mol. The Labute approximate surface area is 121 Å². The van der Waals surface area contributed by atoms with Crippen LogP contribution < -0.4 is 5.32 Å². The van der Waals surface area contributed by atoms with Gasteiger partial charge in [-0.3, -0.25) is 4.90 Å². The molecule has 0 amide bonds. The van der Waals surface area contributed by atoms with Gasteiger partial charge in [-0.2, -0.15) is 0 Å². The third kappa shape index (κ3) is 3.00. The molecule has 0 atom stereocenters. The number of aromatic nitrogens is 1. The summed E-state index contributed by atoms with van der Waals surface area (Å²) in [6.45, 7) is 4.63. The Morgan fingerprint density at radius 3 is 2.90 bits per heavy atom. The predicted octanol–water partition coefficient (Wildman–Crippen LogP) is 2.54. The van der Waals surface area contributed by atoms with Crippen molar-refractivity contribution >= 4 is 11.6 Å². The minimum absolute atomic E-state index is 0.344. The maximum Gasteiger partial charge on any atom is 0.170 e. The Bertz CT molecular complexity index is 596. The molecule has 1 aliphatic heterocycles. The molecule has 1 aromatic heterocycles. The maximum atomic E-state index is 13.8. The highest BCUT2D eigenvalue weighted by Crippen LogP contribution is 2.26. The van der Waals surface area contributed by atoms with Gasteiger partial charge in [0.15, 0.2) is 5.76 Å². The number of halogens is 2. The van der Waals surface area contributed by atoms with Crippen LogP contribution in [0.15, 0.2) is 28.8 Å². The number of nitrogens with zero attached hydrogens (tertiary/aromatic N) is 2. The van der Waals surface area contributed by atoms with Crippen LogP contribution >= 0.6 is 11.6 Å². The topological polar surface area (TPSA) is 41.3 Å². The van der Waals surface area contributed by atoms with Gasteiger partial charge < -0.3 is 9.84 Å². The van der Waals surface area contributed by atoms with Gasteiger partial charge in [-0.1, -0.05) is 16.8 Å². The second-order valence-electron chi connectivity index (χ2n) is 4.83. The average Bonchev–Trinajstić information content (AvgIpc) is 2.91. The zero-order chi connectivity index (χ0) is 13.9. The fourth-order valence-electron chi connectivity index (χ4n) is 2.30. The second-order valence-corrected chi connectivity index (χ2v) is 5.27.